The second-order valence-electron chi connectivity index (χ2n) is 7.50. The van der Waals surface area contributed by atoms with Gasteiger partial charge in [-0.2, -0.15) is 0 Å². The number of nitrogens with one attached hydrogen (secondary N) is 1. The molecule has 1 N–H and O–H groups in total. The lowest BCUT2D eigenvalue weighted by molar-refractivity contribution is 0.0733. The molecule has 0 unspecified atom stereocenters. The van der Waals surface area contributed by atoms with Gasteiger partial charge in [-0.25, -0.2) is 0 Å². The van der Waals surface area contributed by atoms with Crippen LogP contribution in [-0.4, -0.2) is 21.7 Å². The Hall–Kier alpha value is -3.71. The summed E-state index contributed by atoms with van der Waals surface area (Å²) in [6.45, 7) is 4.83. The van der Waals surface area contributed by atoms with E-state index in [1.54, 1.807) is 24.5 Å². The number of hydrogen-bond donors (Lipinski definition) is 1. The molecular weight excluding hydrogens is 422 g/mol. The fraction of sp³-hybridized carbons (Fsp3) is 0.160. The van der Waals surface area contributed by atoms with Crippen LogP contribution in [0, 0.1) is 13.8 Å². The first-order valence-corrected chi connectivity index (χ1v) is 11.0. The molecule has 0 aliphatic carbocycles. The summed E-state index contributed by atoms with van der Waals surface area (Å²) in [6.07, 6.45) is 4.94. The zero-order valence-electron chi connectivity index (χ0n) is 17.9. The van der Waals surface area contributed by atoms with Gasteiger partial charge in [-0.15, -0.1) is 11.3 Å². The average molecular weight is 446 g/mol. The average Bonchev–Trinajstić information content (AvgIpc) is 3.45. The second-order valence-corrected chi connectivity index (χ2v) is 8.56. The molecule has 0 aliphatic rings. The molecule has 7 heteroatoms. The van der Waals surface area contributed by atoms with Gasteiger partial charge in [-0.3, -0.25) is 14.6 Å². The van der Waals surface area contributed by atoms with Crippen molar-refractivity contribution in [2.45, 2.75) is 26.9 Å². The summed E-state index contributed by atoms with van der Waals surface area (Å²) in [7, 11) is 0. The van der Waals surface area contributed by atoms with Crippen LogP contribution in [0.25, 0.3) is 0 Å². The van der Waals surface area contributed by atoms with Gasteiger partial charge in [0.1, 0.15) is 0 Å². The number of anilines is 1. The smallest absolute Gasteiger partial charge is 0.291 e. The number of hydrogen-bond acceptors (Lipinski definition) is 5. The molecule has 0 spiro atoms. The van der Waals surface area contributed by atoms with Crippen LogP contribution in [0.3, 0.4) is 0 Å². The fourth-order valence-corrected chi connectivity index (χ4v) is 4.42. The first-order chi connectivity index (χ1) is 15.5. The van der Waals surface area contributed by atoms with E-state index in [1.165, 1.54) is 17.6 Å². The highest BCUT2D eigenvalue weighted by molar-refractivity contribution is 7.18. The van der Waals surface area contributed by atoms with Crippen molar-refractivity contribution in [1.29, 1.82) is 0 Å². The number of furan rings is 1. The Morgan fingerprint density at radius 2 is 1.88 bits per heavy atom. The van der Waals surface area contributed by atoms with Crippen molar-refractivity contribution in [3.8, 4) is 0 Å². The number of amides is 2. The van der Waals surface area contributed by atoms with Gasteiger partial charge in [0.2, 0.25) is 0 Å². The largest absolute Gasteiger partial charge is 0.459 e. The Morgan fingerprint density at radius 3 is 2.59 bits per heavy atom. The van der Waals surface area contributed by atoms with Crippen molar-refractivity contribution in [3.63, 3.8) is 0 Å². The molecule has 0 saturated carbocycles. The minimum absolute atomic E-state index is 0.0851. The Kier molecular flexibility index (Phi) is 6.47. The van der Waals surface area contributed by atoms with Crippen LogP contribution >= 0.6 is 11.3 Å². The molecule has 0 fully saturated rings. The standard InChI is InChI=1S/C25H23N3O3S/c1-17-7-3-4-9-20(17)16-28(15-19-8-5-11-26-14-19)25(30)23-18(2)13-22(32-23)27-24(29)21-10-6-12-31-21/h3-14H,15-16H2,1-2H3,(H,27,29). The van der Waals surface area contributed by atoms with E-state index in [-0.39, 0.29) is 17.6 Å². The van der Waals surface area contributed by atoms with Crippen molar-refractivity contribution in [1.82, 2.24) is 9.88 Å². The Balaban J connectivity index is 1.59. The maximum Gasteiger partial charge on any atom is 0.291 e. The molecule has 0 saturated heterocycles. The minimum Gasteiger partial charge on any atom is -0.459 e. The summed E-state index contributed by atoms with van der Waals surface area (Å²) in [4.78, 5) is 32.5. The van der Waals surface area contributed by atoms with Crippen molar-refractivity contribution in [2.75, 3.05) is 5.32 Å². The zero-order chi connectivity index (χ0) is 22.5. The van der Waals surface area contributed by atoms with E-state index in [4.69, 9.17) is 4.42 Å². The lowest BCUT2D eigenvalue weighted by atomic mass is 10.1. The van der Waals surface area contributed by atoms with E-state index in [0.29, 0.717) is 23.0 Å². The number of aromatic nitrogens is 1. The van der Waals surface area contributed by atoms with E-state index >= 15 is 0 Å². The molecule has 32 heavy (non-hydrogen) atoms. The van der Waals surface area contributed by atoms with E-state index in [0.717, 1.165) is 22.3 Å². The Morgan fingerprint density at radius 1 is 1.03 bits per heavy atom. The van der Waals surface area contributed by atoms with Crippen LogP contribution in [0.15, 0.2) is 77.7 Å². The topological polar surface area (TPSA) is 75.4 Å². The number of carbonyl (C=O) groups excluding carboxylic acids is 2. The van der Waals surface area contributed by atoms with Gasteiger partial charge < -0.3 is 14.6 Å². The molecule has 0 bridgehead atoms. The molecular formula is C25H23N3O3S. The van der Waals surface area contributed by atoms with Gasteiger partial charge in [0.25, 0.3) is 11.8 Å². The van der Waals surface area contributed by atoms with E-state index in [1.807, 2.05) is 61.2 Å². The number of pyridine rings is 1. The van der Waals surface area contributed by atoms with Crippen LogP contribution < -0.4 is 5.32 Å². The summed E-state index contributed by atoms with van der Waals surface area (Å²) in [5.41, 5.74) is 3.99. The summed E-state index contributed by atoms with van der Waals surface area (Å²) in [5.74, 6) is -0.206. The number of aryl methyl sites for hydroxylation is 2. The van der Waals surface area contributed by atoms with Gasteiger partial charge >= 0.3 is 0 Å². The monoisotopic (exact) mass is 445 g/mol. The molecule has 0 atom stereocenters. The van der Waals surface area contributed by atoms with Crippen molar-refractivity contribution < 1.29 is 14.0 Å². The second kappa shape index (κ2) is 9.62. The fourth-order valence-electron chi connectivity index (χ4n) is 3.39. The highest BCUT2D eigenvalue weighted by Gasteiger charge is 2.22. The molecule has 6 nitrogen and oxygen atoms in total. The minimum atomic E-state index is -0.345. The van der Waals surface area contributed by atoms with Gasteiger partial charge in [0, 0.05) is 25.5 Å². The van der Waals surface area contributed by atoms with Crippen LogP contribution in [-0.2, 0) is 13.1 Å². The third-order valence-corrected chi connectivity index (χ3v) is 6.24. The zero-order valence-corrected chi connectivity index (χ0v) is 18.7. The molecule has 1 aromatic carbocycles. The lowest BCUT2D eigenvalue weighted by Crippen LogP contribution is -2.30. The third kappa shape index (κ3) is 4.95. The highest BCUT2D eigenvalue weighted by atomic mass is 32.1. The van der Waals surface area contributed by atoms with E-state index in [9.17, 15) is 9.59 Å². The quantitative estimate of drug-likeness (QED) is 0.411. The van der Waals surface area contributed by atoms with Gasteiger partial charge in [0.15, 0.2) is 5.76 Å². The molecule has 3 heterocycles. The SMILES string of the molecule is Cc1ccccc1CN(Cc1cccnc1)C(=O)c1sc(NC(=O)c2ccco2)cc1C. The van der Waals surface area contributed by atoms with Gasteiger partial charge in [-0.1, -0.05) is 30.3 Å². The molecule has 4 aromatic rings. The van der Waals surface area contributed by atoms with Crippen molar-refractivity contribution in [3.05, 3.63) is 106 Å². The van der Waals surface area contributed by atoms with Crippen LogP contribution in [0.5, 0.6) is 0 Å². The van der Waals surface area contributed by atoms with E-state index in [2.05, 4.69) is 10.3 Å². The maximum absolute atomic E-state index is 13.6. The predicted octanol–water partition coefficient (Wildman–Crippen LogP) is 5.45. The number of nitrogens with zero attached hydrogens (tertiary/aromatic N) is 2. The number of carbonyl (C=O) groups is 2. The molecule has 3 aromatic heterocycles. The Bertz CT molecular complexity index is 1220. The summed E-state index contributed by atoms with van der Waals surface area (Å²) in [5, 5.41) is 3.41. The lowest BCUT2D eigenvalue weighted by Gasteiger charge is -2.23. The predicted molar refractivity (Wildman–Crippen MR) is 125 cm³/mol. The van der Waals surface area contributed by atoms with Gasteiger partial charge in [-0.05, 0) is 60.4 Å². The Labute approximate surface area is 190 Å². The normalized spacial score (nSPS) is 10.7. The molecule has 4 rings (SSSR count). The molecule has 162 valence electrons. The first kappa shape index (κ1) is 21.5. The first-order valence-electron chi connectivity index (χ1n) is 10.2. The van der Waals surface area contributed by atoms with Gasteiger partial charge in [0.05, 0.1) is 16.1 Å². The third-order valence-electron chi connectivity index (χ3n) is 5.10. The summed E-state index contributed by atoms with van der Waals surface area (Å²) >= 11 is 1.27. The highest BCUT2D eigenvalue weighted by Crippen LogP contribution is 2.29. The van der Waals surface area contributed by atoms with Crippen LogP contribution in [0.4, 0.5) is 5.00 Å². The molecule has 0 aliphatic heterocycles. The van der Waals surface area contributed by atoms with Crippen LogP contribution in [0.1, 0.15) is 42.5 Å². The van der Waals surface area contributed by atoms with Crippen molar-refractivity contribution >= 4 is 28.2 Å². The molecule has 0 radical (unpaired) electrons. The van der Waals surface area contributed by atoms with Crippen LogP contribution in [0.2, 0.25) is 0 Å². The summed E-state index contributed by atoms with van der Waals surface area (Å²) < 4.78 is 5.15. The number of benzene rings is 1. The number of thiophene rings is 1. The molecule has 2 amide bonds. The number of rotatable bonds is 7. The summed E-state index contributed by atoms with van der Waals surface area (Å²) in [6, 6.07) is 16.9. The van der Waals surface area contributed by atoms with Crippen molar-refractivity contribution in [2.24, 2.45) is 0 Å². The maximum atomic E-state index is 13.6. The van der Waals surface area contributed by atoms with E-state index < -0.39 is 0 Å².